The van der Waals surface area contributed by atoms with Crippen molar-refractivity contribution in [2.45, 2.75) is 47.7 Å². The summed E-state index contributed by atoms with van der Waals surface area (Å²) in [4.78, 5) is 25.0. The molecule has 1 aliphatic rings. The van der Waals surface area contributed by atoms with Gasteiger partial charge in [0.1, 0.15) is 12.3 Å². The average molecular weight is 557 g/mol. The average Bonchev–Trinajstić information content (AvgIpc) is 3.34. The molecule has 3 aromatic carbocycles. The van der Waals surface area contributed by atoms with Crippen LogP contribution in [0.15, 0.2) is 94.7 Å². The molecule has 38 heavy (non-hydrogen) atoms. The lowest BCUT2D eigenvalue weighted by atomic mass is 10.1. The van der Waals surface area contributed by atoms with Crippen molar-refractivity contribution in [3.8, 4) is 0 Å². The predicted molar refractivity (Wildman–Crippen MR) is 140 cm³/mol. The highest BCUT2D eigenvalue weighted by Gasteiger charge is 2.46. The molecule has 11 heteroatoms. The van der Waals surface area contributed by atoms with Crippen molar-refractivity contribution in [2.75, 3.05) is 6.54 Å². The molecule has 3 aromatic rings. The van der Waals surface area contributed by atoms with Crippen LogP contribution in [-0.4, -0.2) is 58.1 Å². The summed E-state index contributed by atoms with van der Waals surface area (Å²) in [6.07, 6.45) is -0.513. The van der Waals surface area contributed by atoms with Gasteiger partial charge in [-0.3, -0.25) is 8.98 Å². The van der Waals surface area contributed by atoms with Gasteiger partial charge in [0.25, 0.3) is 10.1 Å². The van der Waals surface area contributed by atoms with Gasteiger partial charge in [-0.1, -0.05) is 66.2 Å². The zero-order valence-electron chi connectivity index (χ0n) is 20.6. The molecule has 1 aliphatic heterocycles. The molecule has 1 heterocycles. The summed E-state index contributed by atoms with van der Waals surface area (Å²) in [7, 11) is -8.40. The quantitative estimate of drug-likeness (QED) is 0.300. The first-order valence-electron chi connectivity index (χ1n) is 12.0. The minimum Gasteiger partial charge on any atom is -0.345 e. The van der Waals surface area contributed by atoms with Gasteiger partial charge in [0.05, 0.1) is 21.9 Å². The second kappa shape index (κ2) is 11.6. The van der Waals surface area contributed by atoms with E-state index in [-0.39, 0.29) is 29.2 Å². The van der Waals surface area contributed by atoms with Gasteiger partial charge >= 0.3 is 0 Å². The van der Waals surface area contributed by atoms with Gasteiger partial charge in [-0.2, -0.15) is 12.7 Å². The van der Waals surface area contributed by atoms with Gasteiger partial charge in [-0.05, 0) is 43.2 Å². The molecule has 0 unspecified atom stereocenters. The number of aryl methyl sites for hydroxylation is 1. The second-order valence-corrected chi connectivity index (χ2v) is 12.5. The first-order valence-corrected chi connectivity index (χ1v) is 14.8. The molecule has 0 spiro atoms. The highest BCUT2D eigenvalue weighted by molar-refractivity contribution is 7.89. The van der Waals surface area contributed by atoms with Crippen LogP contribution >= 0.6 is 0 Å². The van der Waals surface area contributed by atoms with E-state index in [0.29, 0.717) is 6.29 Å². The Kier molecular flexibility index (Phi) is 8.41. The predicted octanol–water partition coefficient (Wildman–Crippen LogP) is 2.46. The van der Waals surface area contributed by atoms with Gasteiger partial charge in [-0.15, -0.1) is 0 Å². The monoisotopic (exact) mass is 556 g/mol. The topological polar surface area (TPSA) is 127 Å². The highest BCUT2D eigenvalue weighted by atomic mass is 32.2. The fourth-order valence-corrected chi connectivity index (χ4v) is 7.02. The number of nitrogens with zero attached hydrogens (tertiary/aromatic N) is 1. The Bertz CT molecular complexity index is 1480. The molecular formula is C27H28N2O7S2. The molecular weight excluding hydrogens is 528 g/mol. The first kappa shape index (κ1) is 27.6. The third-order valence-electron chi connectivity index (χ3n) is 6.23. The van der Waals surface area contributed by atoms with Crippen molar-refractivity contribution in [1.29, 1.82) is 0 Å². The van der Waals surface area contributed by atoms with Gasteiger partial charge < -0.3 is 10.1 Å². The van der Waals surface area contributed by atoms with Crippen LogP contribution < -0.4 is 5.32 Å². The summed E-state index contributed by atoms with van der Waals surface area (Å²) >= 11 is 0. The fourth-order valence-electron chi connectivity index (χ4n) is 4.29. The smallest absolute Gasteiger partial charge is 0.297 e. The minimum atomic E-state index is -4.22. The maximum absolute atomic E-state index is 13.5. The van der Waals surface area contributed by atoms with Crippen molar-refractivity contribution in [2.24, 2.45) is 0 Å². The Hall–Kier alpha value is -3.38. The van der Waals surface area contributed by atoms with E-state index in [1.165, 1.54) is 24.3 Å². The number of carbonyl (C=O) groups excluding carboxylic acids is 2. The summed E-state index contributed by atoms with van der Waals surface area (Å²) in [5.41, 5.74) is 1.68. The SMILES string of the molecule is Cc1ccc(S(=O)(=O)O[C@@H]2C[C@H](C(=O)N[C@H](C=O)Cc3ccccc3)N(S(=O)(=O)c3ccccc3)C2)cc1. The molecule has 0 radical (unpaired) electrons. The van der Waals surface area contributed by atoms with Crippen LogP contribution in [0.2, 0.25) is 0 Å². The summed E-state index contributed by atoms with van der Waals surface area (Å²) in [5.74, 6) is -0.712. The number of benzene rings is 3. The van der Waals surface area contributed by atoms with Crippen LogP contribution in [0.3, 0.4) is 0 Å². The molecule has 0 bridgehead atoms. The standard InChI is InChI=1S/C27H28N2O7S2/c1-20-12-14-25(15-13-20)38(34,35)36-23-17-26(29(18-23)37(32,33)24-10-6-3-7-11-24)27(31)28-22(19-30)16-21-8-4-2-5-9-21/h2-15,19,22-23,26H,16-18H2,1H3,(H,28,31)/t22-,23+,26+/m0/s1. The summed E-state index contributed by atoms with van der Waals surface area (Å²) in [6.45, 7) is 1.46. The number of amides is 1. The third kappa shape index (κ3) is 6.36. The van der Waals surface area contributed by atoms with Crippen molar-refractivity contribution in [3.63, 3.8) is 0 Å². The molecule has 9 nitrogen and oxygen atoms in total. The lowest BCUT2D eigenvalue weighted by Crippen LogP contribution is -2.49. The van der Waals surface area contributed by atoms with Crippen molar-refractivity contribution in [1.82, 2.24) is 9.62 Å². The van der Waals surface area contributed by atoms with Crippen LogP contribution in [0.4, 0.5) is 0 Å². The lowest BCUT2D eigenvalue weighted by Gasteiger charge is -2.24. The minimum absolute atomic E-state index is 0.0453. The van der Waals surface area contributed by atoms with E-state index in [1.54, 1.807) is 42.5 Å². The Morgan fingerprint density at radius 1 is 0.947 bits per heavy atom. The number of hydrogen-bond donors (Lipinski definition) is 1. The molecule has 1 N–H and O–H groups in total. The van der Waals surface area contributed by atoms with Crippen LogP contribution in [-0.2, 0) is 40.3 Å². The highest BCUT2D eigenvalue weighted by Crippen LogP contribution is 2.30. The first-order chi connectivity index (χ1) is 18.1. The maximum Gasteiger partial charge on any atom is 0.297 e. The van der Waals surface area contributed by atoms with Crippen LogP contribution in [0.5, 0.6) is 0 Å². The van der Waals surface area contributed by atoms with Crippen molar-refractivity contribution < 1.29 is 30.6 Å². The van der Waals surface area contributed by atoms with E-state index in [4.69, 9.17) is 4.18 Å². The Labute approximate surface area is 222 Å². The van der Waals surface area contributed by atoms with Crippen molar-refractivity contribution in [3.05, 3.63) is 96.1 Å². The van der Waals surface area contributed by atoms with Gasteiger partial charge in [0.15, 0.2) is 0 Å². The van der Waals surface area contributed by atoms with Gasteiger partial charge in [0, 0.05) is 13.0 Å². The zero-order valence-corrected chi connectivity index (χ0v) is 22.3. The largest absolute Gasteiger partial charge is 0.345 e. The number of nitrogens with one attached hydrogen (secondary N) is 1. The lowest BCUT2D eigenvalue weighted by molar-refractivity contribution is -0.126. The van der Waals surface area contributed by atoms with Crippen LogP contribution in [0, 0.1) is 6.92 Å². The van der Waals surface area contributed by atoms with Gasteiger partial charge in [-0.25, -0.2) is 8.42 Å². The fraction of sp³-hybridized carbons (Fsp3) is 0.259. The van der Waals surface area contributed by atoms with Crippen LogP contribution in [0.25, 0.3) is 0 Å². The summed E-state index contributed by atoms with van der Waals surface area (Å²) < 4.78 is 59.1. The normalized spacial score (nSPS) is 19.1. The molecule has 4 rings (SSSR count). The van der Waals surface area contributed by atoms with Crippen molar-refractivity contribution >= 4 is 32.3 Å². The van der Waals surface area contributed by atoms with E-state index >= 15 is 0 Å². The molecule has 0 aromatic heterocycles. The molecule has 1 amide bonds. The van der Waals surface area contributed by atoms with Gasteiger partial charge in [0.2, 0.25) is 15.9 Å². The van der Waals surface area contributed by atoms with E-state index in [2.05, 4.69) is 5.32 Å². The molecule has 0 saturated carbocycles. The second-order valence-electron chi connectivity index (χ2n) is 9.07. The maximum atomic E-state index is 13.5. The number of aldehydes is 1. The van der Waals surface area contributed by atoms with E-state index in [1.807, 2.05) is 25.1 Å². The Balaban J connectivity index is 1.59. The number of rotatable bonds is 10. The number of carbonyl (C=O) groups is 2. The van der Waals surface area contributed by atoms with E-state index in [9.17, 15) is 26.4 Å². The Morgan fingerprint density at radius 3 is 2.16 bits per heavy atom. The van der Waals surface area contributed by atoms with E-state index in [0.717, 1.165) is 15.4 Å². The Morgan fingerprint density at radius 2 is 1.55 bits per heavy atom. The summed E-state index contributed by atoms with van der Waals surface area (Å²) in [6, 6.07) is 20.5. The number of sulfonamides is 1. The number of hydrogen-bond acceptors (Lipinski definition) is 7. The molecule has 0 aliphatic carbocycles. The molecule has 1 fully saturated rings. The third-order valence-corrected chi connectivity index (χ3v) is 9.50. The zero-order chi connectivity index (χ0) is 27.3. The molecule has 200 valence electrons. The molecule has 1 saturated heterocycles. The summed E-state index contributed by atoms with van der Waals surface area (Å²) in [5, 5.41) is 2.61. The van der Waals surface area contributed by atoms with E-state index < -0.39 is 44.2 Å². The van der Waals surface area contributed by atoms with Crippen LogP contribution in [0.1, 0.15) is 17.5 Å². The molecule has 3 atom stereocenters.